The summed E-state index contributed by atoms with van der Waals surface area (Å²) in [7, 11) is 0. The van der Waals surface area contributed by atoms with Crippen LogP contribution in [0.25, 0.3) is 0 Å². The third-order valence-corrected chi connectivity index (χ3v) is 4.60. The van der Waals surface area contributed by atoms with Gasteiger partial charge in [-0.1, -0.05) is 26.0 Å². The lowest BCUT2D eigenvalue weighted by molar-refractivity contribution is -0.111. The number of rotatable bonds is 7. The number of nitrogens with zero attached hydrogens (tertiary/aromatic N) is 2. The molecule has 1 aliphatic rings. The Morgan fingerprint density at radius 1 is 1.17 bits per heavy atom. The van der Waals surface area contributed by atoms with Crippen LogP contribution >= 0.6 is 11.6 Å². The van der Waals surface area contributed by atoms with Crippen LogP contribution in [-0.4, -0.2) is 39.5 Å². The summed E-state index contributed by atoms with van der Waals surface area (Å²) in [6.45, 7) is 5.30. The van der Waals surface area contributed by atoms with Gasteiger partial charge in [-0.15, -0.1) is 0 Å². The summed E-state index contributed by atoms with van der Waals surface area (Å²) in [5.41, 5.74) is 0.381. The number of hydrogen-bond donors (Lipinski definition) is 0. The van der Waals surface area contributed by atoms with Crippen LogP contribution in [0.15, 0.2) is 28.7 Å². The lowest BCUT2D eigenvalue weighted by Crippen LogP contribution is -2.37. The smallest absolute Gasteiger partial charge is 0.360 e. The highest BCUT2D eigenvalue weighted by Crippen LogP contribution is 2.36. The van der Waals surface area contributed by atoms with Crippen LogP contribution in [0, 0.1) is 5.92 Å². The first-order valence-electron chi connectivity index (χ1n) is 9.08. The van der Waals surface area contributed by atoms with E-state index in [-0.39, 0.29) is 47.4 Å². The predicted molar refractivity (Wildman–Crippen MR) is 102 cm³/mol. The molecule has 2 heterocycles. The maximum Gasteiger partial charge on any atom is 0.360 e. The normalized spacial score (nSPS) is 14.3. The SMILES string of the molecule is CCOC(=O)c1nc([C@H](C(C)C)N2C(=O)c3ccccc3C2=O)oc1CC(=O)Cl. The van der Waals surface area contributed by atoms with E-state index in [2.05, 4.69) is 4.98 Å². The molecule has 0 unspecified atom stereocenters. The van der Waals surface area contributed by atoms with Gasteiger partial charge in [-0.3, -0.25) is 19.3 Å². The summed E-state index contributed by atoms with van der Waals surface area (Å²) in [6, 6.07) is 5.61. The van der Waals surface area contributed by atoms with Crippen molar-refractivity contribution in [3.05, 3.63) is 52.7 Å². The van der Waals surface area contributed by atoms with Gasteiger partial charge in [0.05, 0.1) is 24.2 Å². The lowest BCUT2D eigenvalue weighted by Gasteiger charge is -2.26. The minimum atomic E-state index is -0.880. The van der Waals surface area contributed by atoms with Crippen LogP contribution in [0.1, 0.15) is 69.7 Å². The second-order valence-corrected chi connectivity index (χ2v) is 7.21. The Bertz CT molecular complexity index is 962. The van der Waals surface area contributed by atoms with E-state index >= 15 is 0 Å². The lowest BCUT2D eigenvalue weighted by atomic mass is 10.0. The fourth-order valence-electron chi connectivity index (χ4n) is 3.26. The number of benzene rings is 1. The zero-order valence-electron chi connectivity index (χ0n) is 16.1. The number of esters is 1. The number of halogens is 1. The third-order valence-electron chi connectivity index (χ3n) is 4.47. The van der Waals surface area contributed by atoms with E-state index in [1.807, 2.05) is 0 Å². The van der Waals surface area contributed by atoms with Gasteiger partial charge in [0.25, 0.3) is 11.8 Å². The Kier molecular flexibility index (Phi) is 5.83. The topological polar surface area (TPSA) is 107 Å². The van der Waals surface area contributed by atoms with Crippen LogP contribution in [0.2, 0.25) is 0 Å². The first-order chi connectivity index (χ1) is 13.8. The second-order valence-electron chi connectivity index (χ2n) is 6.79. The average molecular weight is 419 g/mol. The largest absolute Gasteiger partial charge is 0.461 e. The number of hydrogen-bond acceptors (Lipinski definition) is 7. The molecule has 2 aromatic rings. The number of carbonyl (C=O) groups excluding carboxylic acids is 4. The second kappa shape index (κ2) is 8.16. The van der Waals surface area contributed by atoms with E-state index in [0.29, 0.717) is 0 Å². The van der Waals surface area contributed by atoms with Crippen molar-refractivity contribution in [3.8, 4) is 0 Å². The average Bonchev–Trinajstić information content (AvgIpc) is 3.17. The highest BCUT2D eigenvalue weighted by molar-refractivity contribution is 6.63. The number of oxazole rings is 1. The maximum atomic E-state index is 12.9. The first kappa shape index (κ1) is 20.7. The number of amides is 2. The minimum absolute atomic E-state index is 0.0366. The number of fused-ring (bicyclic) bond motifs is 1. The molecule has 9 heteroatoms. The van der Waals surface area contributed by atoms with Gasteiger partial charge in [-0.2, -0.15) is 0 Å². The van der Waals surface area contributed by atoms with Gasteiger partial charge < -0.3 is 9.15 Å². The molecule has 0 bridgehead atoms. The monoisotopic (exact) mass is 418 g/mol. The van der Waals surface area contributed by atoms with Crippen LogP contribution in [0.4, 0.5) is 0 Å². The molecule has 0 N–H and O–H groups in total. The van der Waals surface area contributed by atoms with Crippen LogP contribution < -0.4 is 0 Å². The molecule has 3 rings (SSSR count). The Hall–Kier alpha value is -3.00. The fourth-order valence-corrected chi connectivity index (χ4v) is 3.38. The predicted octanol–water partition coefficient (Wildman–Crippen LogP) is 3.15. The molecule has 0 spiro atoms. The van der Waals surface area contributed by atoms with Gasteiger partial charge >= 0.3 is 5.97 Å². The van der Waals surface area contributed by atoms with Crippen molar-refractivity contribution in [2.45, 2.75) is 33.2 Å². The van der Waals surface area contributed by atoms with Crippen molar-refractivity contribution >= 4 is 34.6 Å². The molecule has 0 fully saturated rings. The Morgan fingerprint density at radius 3 is 2.24 bits per heavy atom. The van der Waals surface area contributed by atoms with E-state index in [1.54, 1.807) is 45.0 Å². The van der Waals surface area contributed by atoms with Gasteiger partial charge in [-0.25, -0.2) is 9.78 Å². The molecule has 0 aliphatic carbocycles. The highest BCUT2D eigenvalue weighted by Gasteiger charge is 2.44. The summed E-state index contributed by atoms with van der Waals surface area (Å²) in [4.78, 5) is 54.7. The third kappa shape index (κ3) is 3.80. The summed E-state index contributed by atoms with van der Waals surface area (Å²) in [6.07, 6.45) is -0.379. The van der Waals surface area contributed by atoms with Crippen LogP contribution in [0.5, 0.6) is 0 Å². The molecule has 1 atom stereocenters. The minimum Gasteiger partial charge on any atom is -0.461 e. The van der Waals surface area contributed by atoms with Gasteiger partial charge in [0.1, 0.15) is 11.8 Å². The Labute approximate surface area is 171 Å². The summed E-state index contributed by atoms with van der Waals surface area (Å²) in [5, 5.41) is -0.750. The van der Waals surface area contributed by atoms with Gasteiger partial charge in [0.15, 0.2) is 5.69 Å². The van der Waals surface area contributed by atoms with Crippen molar-refractivity contribution < 1.29 is 28.3 Å². The van der Waals surface area contributed by atoms with Gasteiger partial charge in [0, 0.05) is 0 Å². The van der Waals surface area contributed by atoms with Crippen molar-refractivity contribution in [2.24, 2.45) is 5.92 Å². The summed E-state index contributed by atoms with van der Waals surface area (Å²) < 4.78 is 10.6. The molecule has 1 aromatic heterocycles. The number of imide groups is 1. The Balaban J connectivity index is 2.07. The standard InChI is InChI=1S/C20H19ClN2O6/c1-4-28-20(27)15-13(9-14(21)24)29-17(22-15)16(10(2)3)23-18(25)11-7-5-6-8-12(11)19(23)26/h5-8,10,16H,4,9H2,1-3H3/t16-/m0/s1. The quantitative estimate of drug-likeness (QED) is 0.386. The highest BCUT2D eigenvalue weighted by atomic mass is 35.5. The Morgan fingerprint density at radius 2 is 1.76 bits per heavy atom. The molecule has 1 aliphatic heterocycles. The van der Waals surface area contributed by atoms with Crippen LogP contribution in [0.3, 0.4) is 0 Å². The molecule has 0 saturated carbocycles. The van der Waals surface area contributed by atoms with Crippen LogP contribution in [-0.2, 0) is 16.0 Å². The van der Waals surface area contributed by atoms with E-state index in [4.69, 9.17) is 20.8 Å². The summed E-state index contributed by atoms with van der Waals surface area (Å²) in [5.74, 6) is -2.12. The maximum absolute atomic E-state index is 12.9. The van der Waals surface area contributed by atoms with Gasteiger partial charge in [0.2, 0.25) is 11.1 Å². The van der Waals surface area contributed by atoms with Crippen molar-refractivity contribution in [2.75, 3.05) is 6.61 Å². The van der Waals surface area contributed by atoms with E-state index < -0.39 is 29.1 Å². The van der Waals surface area contributed by atoms with E-state index in [1.165, 1.54) is 0 Å². The fraction of sp³-hybridized carbons (Fsp3) is 0.350. The zero-order chi connectivity index (χ0) is 21.3. The molecule has 1 aromatic carbocycles. The first-order valence-corrected chi connectivity index (χ1v) is 9.46. The molecular weight excluding hydrogens is 400 g/mol. The van der Waals surface area contributed by atoms with Gasteiger partial charge in [-0.05, 0) is 36.6 Å². The molecule has 2 amide bonds. The van der Waals surface area contributed by atoms with Crippen molar-refractivity contribution in [3.63, 3.8) is 0 Å². The number of aromatic nitrogens is 1. The zero-order valence-corrected chi connectivity index (χ0v) is 16.9. The number of carbonyl (C=O) groups is 4. The summed E-state index contributed by atoms with van der Waals surface area (Å²) >= 11 is 5.45. The van der Waals surface area contributed by atoms with Crippen molar-refractivity contribution in [1.29, 1.82) is 0 Å². The molecule has 0 radical (unpaired) electrons. The number of ether oxygens (including phenoxy) is 1. The van der Waals surface area contributed by atoms with E-state index in [0.717, 1.165) is 4.90 Å². The van der Waals surface area contributed by atoms with Crippen molar-refractivity contribution in [1.82, 2.24) is 9.88 Å². The molecular formula is C20H19ClN2O6. The molecule has 0 saturated heterocycles. The van der Waals surface area contributed by atoms with E-state index in [9.17, 15) is 19.2 Å². The molecule has 29 heavy (non-hydrogen) atoms. The molecule has 152 valence electrons. The molecule has 8 nitrogen and oxygen atoms in total.